The number of ether oxygens (including phenoxy) is 2. The van der Waals surface area contributed by atoms with Crippen LogP contribution in [-0.2, 0) is 11.8 Å². The second kappa shape index (κ2) is 6.78. The summed E-state index contributed by atoms with van der Waals surface area (Å²) in [7, 11) is 1.46. The standard InChI is InChI=1S/C13H13ClF2N3O4/c1-3-22-12(20)10-9(14)11(18(2)17-10)7-6-19(21)5-4-8(7)23-13(15)16/h4-6,13,21H,3H2,1-2H3/q+1. The van der Waals surface area contributed by atoms with Crippen LogP contribution in [0, 0.1) is 0 Å². The van der Waals surface area contributed by atoms with Crippen molar-refractivity contribution in [2.45, 2.75) is 13.5 Å². The smallest absolute Gasteiger partial charge is 0.387 e. The quantitative estimate of drug-likeness (QED) is 0.508. The SMILES string of the molecule is CCOC(=O)c1nn(C)c(-c2c[n+](O)ccc2OC(F)F)c1Cl. The molecule has 23 heavy (non-hydrogen) atoms. The number of carbonyl (C=O) groups is 1. The van der Waals surface area contributed by atoms with E-state index in [0.717, 1.165) is 18.5 Å². The number of pyridine rings is 1. The molecule has 0 unspecified atom stereocenters. The molecule has 10 heteroatoms. The Morgan fingerprint density at radius 1 is 1.57 bits per heavy atom. The van der Waals surface area contributed by atoms with Crippen LogP contribution in [0.1, 0.15) is 17.4 Å². The maximum Gasteiger partial charge on any atom is 0.387 e. The minimum Gasteiger partial charge on any atom is -0.461 e. The van der Waals surface area contributed by atoms with Crippen LogP contribution >= 0.6 is 11.6 Å². The Morgan fingerprint density at radius 3 is 2.87 bits per heavy atom. The van der Waals surface area contributed by atoms with E-state index in [2.05, 4.69) is 9.84 Å². The van der Waals surface area contributed by atoms with Gasteiger partial charge in [0.15, 0.2) is 5.69 Å². The van der Waals surface area contributed by atoms with Crippen molar-refractivity contribution in [3.05, 3.63) is 29.2 Å². The molecule has 0 radical (unpaired) electrons. The fraction of sp³-hybridized carbons (Fsp3) is 0.308. The molecule has 0 aliphatic rings. The van der Waals surface area contributed by atoms with Crippen LogP contribution in [-0.4, -0.2) is 34.2 Å². The van der Waals surface area contributed by atoms with Gasteiger partial charge in [-0.1, -0.05) is 11.6 Å². The van der Waals surface area contributed by atoms with E-state index >= 15 is 0 Å². The van der Waals surface area contributed by atoms with Gasteiger partial charge in [-0.05, 0) is 6.92 Å². The number of nitrogens with zero attached hydrogens (tertiary/aromatic N) is 3. The van der Waals surface area contributed by atoms with Gasteiger partial charge in [-0.3, -0.25) is 9.89 Å². The molecule has 0 aliphatic heterocycles. The average Bonchev–Trinajstić information content (AvgIpc) is 2.76. The molecule has 2 rings (SSSR count). The number of alkyl halides is 2. The van der Waals surface area contributed by atoms with Gasteiger partial charge in [0.1, 0.15) is 16.3 Å². The summed E-state index contributed by atoms with van der Waals surface area (Å²) in [5.41, 5.74) is -0.0121. The summed E-state index contributed by atoms with van der Waals surface area (Å²) >= 11 is 6.14. The summed E-state index contributed by atoms with van der Waals surface area (Å²) in [6.07, 6.45) is 2.22. The number of aromatic nitrogens is 3. The molecule has 7 nitrogen and oxygen atoms in total. The number of hydrogen-bond acceptors (Lipinski definition) is 5. The molecule has 0 spiro atoms. The van der Waals surface area contributed by atoms with E-state index in [4.69, 9.17) is 16.3 Å². The second-order valence-corrected chi connectivity index (χ2v) is 4.71. The molecule has 0 saturated carbocycles. The van der Waals surface area contributed by atoms with Gasteiger partial charge >= 0.3 is 12.6 Å². The number of halogens is 3. The van der Waals surface area contributed by atoms with E-state index in [1.165, 1.54) is 11.7 Å². The Kier molecular flexibility index (Phi) is 4.99. The molecular formula is C13H13ClF2N3O4+. The van der Waals surface area contributed by atoms with Gasteiger partial charge in [-0.15, -0.1) is 0 Å². The molecule has 1 N–H and O–H groups in total. The summed E-state index contributed by atoms with van der Waals surface area (Å²) in [6, 6.07) is 1.13. The van der Waals surface area contributed by atoms with E-state index in [1.54, 1.807) is 6.92 Å². The van der Waals surface area contributed by atoms with Crippen LogP contribution < -0.4 is 9.47 Å². The Hall–Kier alpha value is -2.42. The molecule has 2 aromatic rings. The molecular weight excluding hydrogens is 336 g/mol. The topological polar surface area (TPSA) is 77.5 Å². The molecule has 0 bridgehead atoms. The molecule has 2 aromatic heterocycles. The van der Waals surface area contributed by atoms with E-state index < -0.39 is 12.6 Å². The fourth-order valence-electron chi connectivity index (χ4n) is 1.97. The molecule has 0 atom stereocenters. The van der Waals surface area contributed by atoms with Crippen LogP contribution in [0.5, 0.6) is 5.75 Å². The predicted molar refractivity (Wildman–Crippen MR) is 73.6 cm³/mol. The van der Waals surface area contributed by atoms with E-state index in [-0.39, 0.29) is 34.3 Å². The van der Waals surface area contributed by atoms with Gasteiger partial charge < -0.3 is 9.47 Å². The molecule has 0 saturated heterocycles. The molecule has 0 aliphatic carbocycles. The summed E-state index contributed by atoms with van der Waals surface area (Å²) in [6.45, 7) is -1.32. The van der Waals surface area contributed by atoms with Crippen molar-refractivity contribution in [1.82, 2.24) is 9.78 Å². The third-order valence-corrected chi connectivity index (χ3v) is 3.19. The monoisotopic (exact) mass is 348 g/mol. The fourth-order valence-corrected chi connectivity index (χ4v) is 2.31. The van der Waals surface area contributed by atoms with Crippen LogP contribution in [0.2, 0.25) is 5.02 Å². The minimum absolute atomic E-state index is 0.0332. The van der Waals surface area contributed by atoms with E-state index in [9.17, 15) is 18.8 Å². The first-order valence-corrected chi connectivity index (χ1v) is 6.82. The van der Waals surface area contributed by atoms with Crippen molar-refractivity contribution in [3.63, 3.8) is 0 Å². The van der Waals surface area contributed by atoms with Crippen LogP contribution in [0.3, 0.4) is 0 Å². The Labute approximate surface area is 134 Å². The summed E-state index contributed by atoms with van der Waals surface area (Å²) in [4.78, 5) is 11.8. The molecule has 2 heterocycles. The van der Waals surface area contributed by atoms with Crippen molar-refractivity contribution < 1.29 is 33.0 Å². The van der Waals surface area contributed by atoms with Gasteiger partial charge in [0.2, 0.25) is 12.4 Å². The van der Waals surface area contributed by atoms with Gasteiger partial charge in [0, 0.05) is 11.8 Å². The lowest BCUT2D eigenvalue weighted by Gasteiger charge is -2.08. The van der Waals surface area contributed by atoms with Crippen molar-refractivity contribution in [2.24, 2.45) is 7.05 Å². The zero-order chi connectivity index (χ0) is 17.1. The summed E-state index contributed by atoms with van der Waals surface area (Å²) in [5, 5.41) is 13.4. The first kappa shape index (κ1) is 16.9. The maximum absolute atomic E-state index is 12.5. The number of esters is 1. The van der Waals surface area contributed by atoms with Crippen molar-refractivity contribution in [3.8, 4) is 17.0 Å². The van der Waals surface area contributed by atoms with Crippen LogP contribution in [0.15, 0.2) is 18.5 Å². The largest absolute Gasteiger partial charge is 0.461 e. The second-order valence-electron chi connectivity index (χ2n) is 4.34. The first-order valence-electron chi connectivity index (χ1n) is 6.44. The zero-order valence-corrected chi connectivity index (χ0v) is 12.9. The highest BCUT2D eigenvalue weighted by Crippen LogP contribution is 2.36. The number of hydrogen-bond donors (Lipinski definition) is 1. The Balaban J connectivity index is 2.58. The number of rotatable bonds is 5. The van der Waals surface area contributed by atoms with Gasteiger partial charge in [0.25, 0.3) is 0 Å². The third-order valence-electron chi connectivity index (χ3n) is 2.83. The molecule has 0 amide bonds. The van der Waals surface area contributed by atoms with E-state index in [1.807, 2.05) is 0 Å². The zero-order valence-electron chi connectivity index (χ0n) is 12.2. The van der Waals surface area contributed by atoms with Crippen LogP contribution in [0.4, 0.5) is 8.78 Å². The highest BCUT2D eigenvalue weighted by Gasteiger charge is 2.27. The van der Waals surface area contributed by atoms with Gasteiger partial charge in [-0.25, -0.2) is 4.79 Å². The summed E-state index contributed by atoms with van der Waals surface area (Å²) < 4.78 is 36.1. The predicted octanol–water partition coefficient (Wildman–Crippen LogP) is 2.04. The average molecular weight is 349 g/mol. The highest BCUT2D eigenvalue weighted by molar-refractivity contribution is 6.35. The molecule has 0 fully saturated rings. The Bertz CT molecular complexity index is 736. The Morgan fingerprint density at radius 2 is 2.26 bits per heavy atom. The number of carbonyl (C=O) groups excluding carboxylic acids is 1. The summed E-state index contributed by atoms with van der Waals surface area (Å²) in [5.74, 6) is -0.978. The van der Waals surface area contributed by atoms with E-state index in [0.29, 0.717) is 4.73 Å². The van der Waals surface area contributed by atoms with Crippen molar-refractivity contribution >= 4 is 17.6 Å². The lowest BCUT2D eigenvalue weighted by molar-refractivity contribution is -0.904. The van der Waals surface area contributed by atoms with Gasteiger partial charge in [0.05, 0.1) is 18.4 Å². The minimum atomic E-state index is -3.07. The van der Waals surface area contributed by atoms with Gasteiger partial charge in [-0.2, -0.15) is 13.9 Å². The third kappa shape index (κ3) is 3.50. The maximum atomic E-state index is 12.5. The van der Waals surface area contributed by atoms with Crippen molar-refractivity contribution in [2.75, 3.05) is 6.61 Å². The lowest BCUT2D eigenvalue weighted by atomic mass is 10.1. The normalized spacial score (nSPS) is 10.9. The molecule has 124 valence electrons. The van der Waals surface area contributed by atoms with Crippen molar-refractivity contribution in [1.29, 1.82) is 0 Å². The first-order chi connectivity index (χ1) is 10.8. The molecule has 0 aromatic carbocycles. The highest BCUT2D eigenvalue weighted by atomic mass is 35.5. The lowest BCUT2D eigenvalue weighted by Crippen LogP contribution is -2.29. The number of aryl methyl sites for hydroxylation is 1. The van der Waals surface area contributed by atoms with Crippen LogP contribution in [0.25, 0.3) is 11.3 Å².